The predicted octanol–water partition coefficient (Wildman–Crippen LogP) is -2.54. The van der Waals surface area contributed by atoms with Crippen LogP contribution in [0.5, 0.6) is 0 Å². The first-order valence-electron chi connectivity index (χ1n) is 45.8. The molecule has 0 unspecified atom stereocenters. The number of aromatic nitrogens is 18. The average Bonchev–Trinajstić information content (AvgIpc) is 1.68. The van der Waals surface area contributed by atoms with E-state index in [2.05, 4.69) is 67.5 Å². The third-order valence-corrected chi connectivity index (χ3v) is 23.0. The standard InChI is InChI=1S/C89H118N30O21S/c1-57(2)15-8-26-106(70(127)46-113-33-23-67(90)101-85(113)136)40-61(121)19-11-29-109(73(130)49-116-37-58(3)83(134)104-88(116)139)43-64(124)22-14-32-112(76(133)52-119-56-100-78-80(94)96-54-98-82(78)119)45-66(126)20-12-30-110(74(131)50-117-38-59(4)84(135)105-89(117)140)42-63(123)17-10-28-108(72(129)48-115-35-25-69(92)103-87(115)138)41-62(122)21-13-31-111(75(132)51-118-55-99-77-79(93)95-53-97-81(77)118)44-65(125)18-9-27-107(39-60(120)16-6-5-7-36-141)71(128)47-114-34-24-68(91)102-86(114)137/h23-25,33-35,37-38,53-57,141H,5-22,26-32,36,39-52H2,1-4H3,(H2,90,101,136)(H2,91,102,137)(H2,92,103,138)(H2,93,95,97)(H2,94,96,98)(H,104,134,139)(H,105,135,140). The van der Waals surface area contributed by atoms with Crippen LogP contribution in [0.2, 0.25) is 0 Å². The van der Waals surface area contributed by atoms with Gasteiger partial charge in [-0.05, 0) is 108 Å². The van der Waals surface area contributed by atoms with Crippen molar-refractivity contribution in [3.05, 3.63) is 159 Å². The van der Waals surface area contributed by atoms with Gasteiger partial charge in [0.05, 0.1) is 58.5 Å². The summed E-state index contributed by atoms with van der Waals surface area (Å²) in [5, 5.41) is 0. The number of imidazole rings is 2. The fourth-order valence-electron chi connectivity index (χ4n) is 15.1. The summed E-state index contributed by atoms with van der Waals surface area (Å²) in [5.74, 6) is -7.84. The van der Waals surface area contributed by atoms with E-state index in [9.17, 15) is 101 Å². The molecule has 0 saturated heterocycles. The second-order valence-electron chi connectivity index (χ2n) is 34.5. The molecule has 0 aliphatic carbocycles. The van der Waals surface area contributed by atoms with Crippen LogP contribution in [0.25, 0.3) is 22.3 Å². The maximum Gasteiger partial charge on any atom is 0.349 e. The van der Waals surface area contributed by atoms with E-state index in [0.717, 1.165) is 74.0 Å². The number of nitrogens with zero attached hydrogens (tertiary/aromatic N) is 23. The van der Waals surface area contributed by atoms with Crippen LogP contribution in [0.1, 0.15) is 141 Å². The van der Waals surface area contributed by atoms with Gasteiger partial charge in [0.25, 0.3) is 11.1 Å². The Morgan fingerprint density at radius 1 is 0.333 bits per heavy atom. The molecule has 756 valence electrons. The van der Waals surface area contributed by atoms with Crippen molar-refractivity contribution in [3.63, 3.8) is 0 Å². The fraction of sp³-hybridized carbons (Fsp3) is 0.506. The molecule has 0 aliphatic heterocycles. The van der Waals surface area contributed by atoms with Gasteiger partial charge in [-0.3, -0.25) is 110 Å². The Bertz CT molecular complexity index is 6510. The molecule has 7 amide bonds. The largest absolute Gasteiger partial charge is 0.383 e. The van der Waals surface area contributed by atoms with Crippen molar-refractivity contribution >= 4 is 146 Å². The van der Waals surface area contributed by atoms with E-state index >= 15 is 0 Å². The highest BCUT2D eigenvalue weighted by atomic mass is 32.1. The third-order valence-electron chi connectivity index (χ3n) is 22.7. The van der Waals surface area contributed by atoms with Crippen LogP contribution in [0, 0.1) is 19.8 Å². The van der Waals surface area contributed by atoms with Gasteiger partial charge >= 0.3 is 28.4 Å². The van der Waals surface area contributed by atoms with Crippen LogP contribution >= 0.6 is 12.6 Å². The third kappa shape index (κ3) is 34.2. The highest BCUT2D eigenvalue weighted by Crippen LogP contribution is 2.20. The van der Waals surface area contributed by atoms with Crippen molar-refractivity contribution in [2.24, 2.45) is 5.92 Å². The van der Waals surface area contributed by atoms with E-state index < -0.39 is 194 Å². The first-order valence-corrected chi connectivity index (χ1v) is 46.4. The molecule has 12 N–H and O–H groups in total. The van der Waals surface area contributed by atoms with Gasteiger partial charge in [-0.2, -0.15) is 27.6 Å². The van der Waals surface area contributed by atoms with Crippen LogP contribution in [-0.4, -0.2) is 300 Å². The van der Waals surface area contributed by atoms with Crippen molar-refractivity contribution in [3.8, 4) is 0 Å². The lowest BCUT2D eigenvalue weighted by Gasteiger charge is -2.25. The average molecular weight is 1980 g/mol. The molecule has 0 aliphatic rings. The number of rotatable bonds is 61. The zero-order valence-electron chi connectivity index (χ0n) is 79.0. The number of aryl methyl sites for hydroxylation is 2. The Morgan fingerprint density at radius 2 is 0.589 bits per heavy atom. The summed E-state index contributed by atoms with van der Waals surface area (Å²) in [5.41, 5.74) is 24.2. The van der Waals surface area contributed by atoms with E-state index in [4.69, 9.17) is 28.7 Å². The summed E-state index contributed by atoms with van der Waals surface area (Å²) in [6.45, 7) is -2.12. The second kappa shape index (κ2) is 53.4. The SMILES string of the molecule is Cc1cn(CC(=O)N(CCCC(=O)CN(CCCC(C)C)C(=O)Cn2ccc(N)nc2=O)CC(=O)CCCN(CC(=O)CCCN(CC(=O)CCCN(CC(=O)CCCN(CC(=O)CCCN(CC(=O)CCCCCS)C(=O)Cn2ccc(N)nc2=O)C(=O)Cn2cnc3c(N)ncnc32)C(=O)Cn2ccc(N)nc2=O)C(=O)Cn2cc(C)c(=O)[nH]c2=O)C(=O)Cn2cnc3c(N)ncnc32)c(=O)[nH]c1=O. The first kappa shape index (κ1) is 109. The number of Topliss-reactive ketones (excluding diaryl/α,β-unsaturated/α-hetero) is 7. The van der Waals surface area contributed by atoms with Crippen LogP contribution in [0.4, 0.5) is 29.1 Å². The van der Waals surface area contributed by atoms with E-state index in [1.807, 2.05) is 13.8 Å². The lowest BCUT2D eigenvalue weighted by Crippen LogP contribution is -2.43. The summed E-state index contributed by atoms with van der Waals surface area (Å²) < 4.78 is 7.57. The Kier molecular flexibility index (Phi) is 41.3. The first-order chi connectivity index (χ1) is 67.2. The summed E-state index contributed by atoms with van der Waals surface area (Å²) >= 11 is 4.23. The number of unbranched alkanes of at least 4 members (excludes halogenated alkanes) is 2. The van der Waals surface area contributed by atoms with E-state index in [1.165, 1.54) is 93.5 Å². The number of hydrogen-bond acceptors (Lipinski definition) is 36. The molecule has 9 heterocycles. The van der Waals surface area contributed by atoms with Gasteiger partial charge in [-0.1, -0.05) is 20.3 Å². The number of carbonyl (C=O) groups is 14. The van der Waals surface area contributed by atoms with Gasteiger partial charge in [-0.25, -0.2) is 53.9 Å². The number of hydrogen-bond donors (Lipinski definition) is 8. The molecule has 0 aromatic carbocycles. The normalized spacial score (nSPS) is 11.2. The molecule has 51 nitrogen and oxygen atoms in total. The number of H-pyrrole nitrogens is 2. The van der Waals surface area contributed by atoms with Gasteiger partial charge < -0.3 is 72.1 Å². The van der Waals surface area contributed by atoms with E-state index in [-0.39, 0.29) is 217 Å². The number of nitrogens with one attached hydrogen (secondary N) is 2. The molecule has 0 spiro atoms. The quantitative estimate of drug-likeness (QED) is 0.0144. The molecular weight excluding hydrogens is 1860 g/mol. The maximum absolute atomic E-state index is 14.6. The van der Waals surface area contributed by atoms with Crippen molar-refractivity contribution in [1.82, 2.24) is 121 Å². The number of anilines is 5. The van der Waals surface area contributed by atoms with Crippen molar-refractivity contribution in [2.75, 3.05) is 126 Å². The molecule has 0 radical (unpaired) electrons. The molecule has 0 fully saturated rings. The van der Waals surface area contributed by atoms with Gasteiger partial charge in [-0.15, -0.1) is 0 Å². The molecule has 0 bridgehead atoms. The summed E-state index contributed by atoms with van der Waals surface area (Å²) in [4.78, 5) is 335. The number of ketones is 7. The number of nitrogen functional groups attached to an aromatic ring is 5. The zero-order chi connectivity index (χ0) is 103. The number of fused-ring (bicyclic) bond motifs is 2. The number of amides is 7. The van der Waals surface area contributed by atoms with Crippen molar-refractivity contribution in [1.29, 1.82) is 0 Å². The minimum atomic E-state index is -0.976. The monoisotopic (exact) mass is 1970 g/mol. The van der Waals surface area contributed by atoms with Crippen LogP contribution in [-0.2, 0) is 113 Å². The molecule has 9 aromatic heterocycles. The van der Waals surface area contributed by atoms with Gasteiger partial charge in [0.1, 0.15) is 87.0 Å². The summed E-state index contributed by atoms with van der Waals surface area (Å²) in [6, 6.07) is 3.93. The smallest absolute Gasteiger partial charge is 0.349 e. The number of carbonyl (C=O) groups excluding carboxylic acids is 14. The topological polar surface area (TPSA) is 693 Å². The molecule has 0 atom stereocenters. The molecule has 9 rings (SSSR count). The molecular formula is C89H118N30O21S. The fourth-order valence-corrected chi connectivity index (χ4v) is 15.3. The highest BCUT2D eigenvalue weighted by molar-refractivity contribution is 7.80. The van der Waals surface area contributed by atoms with Crippen molar-refractivity contribution < 1.29 is 67.1 Å². The summed E-state index contributed by atoms with van der Waals surface area (Å²) in [7, 11) is 0. The van der Waals surface area contributed by atoms with Gasteiger partial charge in [0.2, 0.25) is 41.4 Å². The number of aromatic amines is 2. The number of nitrogens with two attached hydrogens (primary N) is 5. The van der Waals surface area contributed by atoms with Gasteiger partial charge in [0.15, 0.2) is 63.4 Å². The van der Waals surface area contributed by atoms with E-state index in [1.54, 1.807) is 0 Å². The lowest BCUT2D eigenvalue weighted by atomic mass is 10.1. The molecule has 9 aromatic rings. The molecule has 0 saturated carbocycles. The van der Waals surface area contributed by atoms with Crippen LogP contribution < -0.4 is 68.2 Å². The zero-order valence-corrected chi connectivity index (χ0v) is 79.9. The van der Waals surface area contributed by atoms with Crippen LogP contribution in [0.15, 0.2) is 108 Å². The molecule has 141 heavy (non-hydrogen) atoms. The number of thiol groups is 1. The maximum atomic E-state index is 14.6. The Balaban J connectivity index is 0.868. The highest BCUT2D eigenvalue weighted by Gasteiger charge is 2.30. The predicted molar refractivity (Wildman–Crippen MR) is 513 cm³/mol. The minimum absolute atomic E-state index is 0.00551. The Morgan fingerprint density at radius 3 is 0.851 bits per heavy atom. The summed E-state index contributed by atoms with van der Waals surface area (Å²) in [6.07, 6.45) is 11.9. The van der Waals surface area contributed by atoms with Crippen LogP contribution in [0.3, 0.4) is 0 Å². The lowest BCUT2D eigenvalue weighted by molar-refractivity contribution is -0.137. The van der Waals surface area contributed by atoms with Gasteiger partial charge in [0, 0.05) is 133 Å². The Hall–Kier alpha value is -15.6. The minimum Gasteiger partial charge on any atom is -0.383 e. The van der Waals surface area contributed by atoms with Crippen molar-refractivity contribution in [2.45, 2.75) is 189 Å². The van der Waals surface area contributed by atoms with E-state index in [0.29, 0.717) is 25.0 Å². The molecule has 52 heteroatoms. The Labute approximate surface area is 810 Å². The second-order valence-corrected chi connectivity index (χ2v) is 34.9.